The molecule has 2 aromatic rings. The summed E-state index contributed by atoms with van der Waals surface area (Å²) >= 11 is 7.44. The number of halogens is 1. The van der Waals surface area contributed by atoms with Gasteiger partial charge in [-0.1, -0.05) is 16.8 Å². The number of aryl methyl sites for hydroxylation is 2. The number of amides is 2. The quantitative estimate of drug-likeness (QED) is 0.846. The van der Waals surface area contributed by atoms with E-state index in [1.807, 2.05) is 39.8 Å². The first-order chi connectivity index (χ1) is 10.9. The summed E-state index contributed by atoms with van der Waals surface area (Å²) in [5.74, 6) is 0.809. The molecule has 0 aliphatic rings. The van der Waals surface area contributed by atoms with Gasteiger partial charge in [-0.05, 0) is 46.2 Å². The van der Waals surface area contributed by atoms with Crippen molar-refractivity contribution >= 4 is 29.0 Å². The van der Waals surface area contributed by atoms with Crippen molar-refractivity contribution in [3.05, 3.63) is 38.4 Å². The summed E-state index contributed by atoms with van der Waals surface area (Å²) in [5, 5.41) is 6.99. The Morgan fingerprint density at radius 1 is 1.48 bits per heavy atom. The Hall–Kier alpha value is -1.53. The molecule has 1 atom stereocenters. The lowest BCUT2D eigenvalue weighted by atomic mass is 10.1. The molecular formula is C16H22ClN3O2S. The zero-order valence-electron chi connectivity index (χ0n) is 13.9. The largest absolute Gasteiger partial charge is 0.361 e. The van der Waals surface area contributed by atoms with E-state index in [1.54, 1.807) is 4.90 Å². The van der Waals surface area contributed by atoms with Crippen LogP contribution in [0.1, 0.15) is 35.7 Å². The summed E-state index contributed by atoms with van der Waals surface area (Å²) in [6.45, 7) is 8.96. The van der Waals surface area contributed by atoms with E-state index >= 15 is 0 Å². The first kappa shape index (κ1) is 17.8. The van der Waals surface area contributed by atoms with Crippen LogP contribution in [-0.2, 0) is 13.0 Å². The lowest BCUT2D eigenvalue weighted by Gasteiger charge is -2.23. The maximum Gasteiger partial charge on any atom is 0.317 e. The van der Waals surface area contributed by atoms with Gasteiger partial charge in [0, 0.05) is 23.0 Å². The van der Waals surface area contributed by atoms with Crippen molar-refractivity contribution in [2.75, 3.05) is 6.54 Å². The van der Waals surface area contributed by atoms with Crippen molar-refractivity contribution in [3.8, 4) is 0 Å². The monoisotopic (exact) mass is 355 g/mol. The normalized spacial score (nSPS) is 12.2. The molecule has 2 aromatic heterocycles. The summed E-state index contributed by atoms with van der Waals surface area (Å²) in [4.78, 5) is 15.3. The van der Waals surface area contributed by atoms with Crippen LogP contribution in [0.4, 0.5) is 4.79 Å². The van der Waals surface area contributed by atoms with E-state index < -0.39 is 0 Å². The molecule has 0 saturated heterocycles. The Labute approximate surface area is 145 Å². The zero-order chi connectivity index (χ0) is 17.0. The summed E-state index contributed by atoms with van der Waals surface area (Å²) in [7, 11) is 0. The standard InChI is InChI=1S/C16H22ClN3O2S/c1-5-20(9-13-6-7-15(17)23-13)16(21)18-10(2)8-14-11(3)19-22-12(14)4/h6-7,10H,5,8-9H2,1-4H3,(H,18,21). The lowest BCUT2D eigenvalue weighted by Crippen LogP contribution is -2.44. The van der Waals surface area contributed by atoms with Gasteiger partial charge >= 0.3 is 6.03 Å². The van der Waals surface area contributed by atoms with E-state index in [4.69, 9.17) is 16.1 Å². The van der Waals surface area contributed by atoms with Crippen LogP contribution < -0.4 is 5.32 Å². The van der Waals surface area contributed by atoms with Gasteiger partial charge in [-0.25, -0.2) is 4.79 Å². The average Bonchev–Trinajstić information content (AvgIpc) is 3.04. The molecule has 7 heteroatoms. The van der Waals surface area contributed by atoms with Crippen LogP contribution in [0.15, 0.2) is 16.7 Å². The molecule has 126 valence electrons. The number of thiophene rings is 1. The number of nitrogens with one attached hydrogen (secondary N) is 1. The van der Waals surface area contributed by atoms with Crippen LogP contribution in [-0.4, -0.2) is 28.7 Å². The van der Waals surface area contributed by atoms with Gasteiger partial charge in [0.05, 0.1) is 16.6 Å². The van der Waals surface area contributed by atoms with E-state index in [-0.39, 0.29) is 12.1 Å². The number of urea groups is 1. The van der Waals surface area contributed by atoms with Gasteiger partial charge in [0.15, 0.2) is 0 Å². The Morgan fingerprint density at radius 2 is 2.22 bits per heavy atom. The van der Waals surface area contributed by atoms with E-state index in [0.29, 0.717) is 19.5 Å². The fourth-order valence-electron chi connectivity index (χ4n) is 2.40. The fraction of sp³-hybridized carbons (Fsp3) is 0.500. The molecule has 23 heavy (non-hydrogen) atoms. The van der Waals surface area contributed by atoms with E-state index in [9.17, 15) is 4.79 Å². The van der Waals surface area contributed by atoms with Crippen molar-refractivity contribution in [1.82, 2.24) is 15.4 Å². The van der Waals surface area contributed by atoms with Crippen molar-refractivity contribution in [2.24, 2.45) is 0 Å². The minimum atomic E-state index is -0.0729. The number of carbonyl (C=O) groups is 1. The Balaban J connectivity index is 1.93. The number of nitrogens with zero attached hydrogens (tertiary/aromatic N) is 2. The number of aromatic nitrogens is 1. The predicted octanol–water partition coefficient (Wildman–Crippen LogP) is 4.17. The maximum atomic E-state index is 12.4. The van der Waals surface area contributed by atoms with Crippen molar-refractivity contribution in [1.29, 1.82) is 0 Å². The highest BCUT2D eigenvalue weighted by atomic mass is 35.5. The van der Waals surface area contributed by atoms with Gasteiger partial charge in [-0.2, -0.15) is 0 Å². The van der Waals surface area contributed by atoms with Gasteiger partial charge in [-0.15, -0.1) is 11.3 Å². The molecule has 0 aromatic carbocycles. The first-order valence-corrected chi connectivity index (χ1v) is 8.81. The number of carbonyl (C=O) groups excluding carboxylic acids is 1. The maximum absolute atomic E-state index is 12.4. The zero-order valence-corrected chi connectivity index (χ0v) is 15.4. The smallest absolute Gasteiger partial charge is 0.317 e. The molecule has 2 heterocycles. The van der Waals surface area contributed by atoms with E-state index in [2.05, 4.69) is 10.5 Å². The van der Waals surface area contributed by atoms with Crippen LogP contribution in [0.3, 0.4) is 0 Å². The third-order valence-corrected chi connectivity index (χ3v) is 4.92. The van der Waals surface area contributed by atoms with Gasteiger partial charge in [0.2, 0.25) is 0 Å². The van der Waals surface area contributed by atoms with Crippen LogP contribution in [0.5, 0.6) is 0 Å². The molecule has 0 fully saturated rings. The SMILES string of the molecule is CCN(Cc1ccc(Cl)s1)C(=O)NC(C)Cc1c(C)noc1C. The topological polar surface area (TPSA) is 58.4 Å². The molecule has 0 saturated carbocycles. The number of hydrogen-bond acceptors (Lipinski definition) is 4. The number of hydrogen-bond donors (Lipinski definition) is 1. The van der Waals surface area contributed by atoms with Crippen LogP contribution in [0.25, 0.3) is 0 Å². The lowest BCUT2D eigenvalue weighted by molar-refractivity contribution is 0.195. The molecule has 2 rings (SSSR count). The highest BCUT2D eigenvalue weighted by Crippen LogP contribution is 2.22. The second kappa shape index (κ2) is 7.84. The Morgan fingerprint density at radius 3 is 2.74 bits per heavy atom. The summed E-state index contributed by atoms with van der Waals surface area (Å²) in [6, 6.07) is 3.74. The molecule has 0 aliphatic heterocycles. The van der Waals surface area contributed by atoms with Crippen molar-refractivity contribution in [2.45, 2.75) is 46.7 Å². The van der Waals surface area contributed by atoms with Gasteiger partial charge in [0.1, 0.15) is 5.76 Å². The molecule has 1 N–H and O–H groups in total. The second-order valence-electron chi connectivity index (χ2n) is 5.58. The van der Waals surface area contributed by atoms with Gasteiger partial charge < -0.3 is 14.7 Å². The predicted molar refractivity (Wildman–Crippen MR) is 93.1 cm³/mol. The molecule has 0 bridgehead atoms. The first-order valence-electron chi connectivity index (χ1n) is 7.62. The second-order valence-corrected chi connectivity index (χ2v) is 7.38. The highest BCUT2D eigenvalue weighted by Gasteiger charge is 2.18. The van der Waals surface area contributed by atoms with Gasteiger partial charge in [-0.3, -0.25) is 0 Å². The Kier molecular flexibility index (Phi) is 6.07. The third-order valence-electron chi connectivity index (χ3n) is 3.71. The molecule has 0 aliphatic carbocycles. The van der Waals surface area contributed by atoms with Gasteiger partial charge in [0.25, 0.3) is 0 Å². The molecular weight excluding hydrogens is 334 g/mol. The average molecular weight is 356 g/mol. The highest BCUT2D eigenvalue weighted by molar-refractivity contribution is 7.16. The molecule has 0 radical (unpaired) electrons. The molecule has 5 nitrogen and oxygen atoms in total. The summed E-state index contributed by atoms with van der Waals surface area (Å²) in [5.41, 5.74) is 1.94. The number of rotatable bonds is 6. The fourth-order valence-corrected chi connectivity index (χ4v) is 3.51. The molecule has 1 unspecified atom stereocenters. The summed E-state index contributed by atoms with van der Waals surface area (Å²) in [6.07, 6.45) is 0.704. The molecule has 2 amide bonds. The van der Waals surface area contributed by atoms with Crippen LogP contribution in [0, 0.1) is 13.8 Å². The van der Waals surface area contributed by atoms with Crippen molar-refractivity contribution < 1.29 is 9.32 Å². The van der Waals surface area contributed by atoms with E-state index in [0.717, 1.165) is 26.2 Å². The minimum Gasteiger partial charge on any atom is -0.361 e. The van der Waals surface area contributed by atoms with Crippen molar-refractivity contribution in [3.63, 3.8) is 0 Å². The Bertz CT molecular complexity index is 649. The van der Waals surface area contributed by atoms with Crippen LogP contribution >= 0.6 is 22.9 Å². The minimum absolute atomic E-state index is 0.000253. The van der Waals surface area contributed by atoms with Crippen LogP contribution in [0.2, 0.25) is 4.34 Å². The third kappa shape index (κ3) is 4.72. The van der Waals surface area contributed by atoms with E-state index in [1.165, 1.54) is 11.3 Å². The molecule has 0 spiro atoms. The summed E-state index contributed by atoms with van der Waals surface area (Å²) < 4.78 is 5.91.